The molecule has 6 nitrogen and oxygen atoms in total. The predicted molar refractivity (Wildman–Crippen MR) is 124 cm³/mol. The molecule has 1 aromatic heterocycles. The fourth-order valence-corrected chi connectivity index (χ4v) is 5.32. The molecule has 156 valence electrons. The summed E-state index contributed by atoms with van der Waals surface area (Å²) >= 11 is 1.60. The summed E-state index contributed by atoms with van der Waals surface area (Å²) in [5, 5.41) is 4.00. The van der Waals surface area contributed by atoms with E-state index in [0.29, 0.717) is 0 Å². The Kier molecular flexibility index (Phi) is 5.31. The fourth-order valence-electron chi connectivity index (χ4n) is 4.53. The van der Waals surface area contributed by atoms with Gasteiger partial charge in [-0.05, 0) is 53.7 Å². The van der Waals surface area contributed by atoms with Gasteiger partial charge in [-0.1, -0.05) is 24.3 Å². The Morgan fingerprint density at radius 2 is 1.93 bits per heavy atom. The van der Waals surface area contributed by atoms with E-state index < -0.39 is 0 Å². The Hall–Kier alpha value is -2.64. The van der Waals surface area contributed by atoms with Crippen LogP contribution in [-0.4, -0.2) is 61.6 Å². The standard InChI is InChI=1S/C23H27N5OS/c1-24-23(29)28-11-9-18-16-17(6-7-20(18)28)8-10-26-12-14-27(15-13-26)22-19-4-2-3-5-21(19)30-25-22/h2-7,16H,8-15H2,1H3,(H,24,29). The highest BCUT2D eigenvalue weighted by Gasteiger charge is 2.24. The van der Waals surface area contributed by atoms with E-state index in [-0.39, 0.29) is 6.03 Å². The summed E-state index contributed by atoms with van der Waals surface area (Å²) in [6.07, 6.45) is 1.99. The molecule has 0 saturated carbocycles. The van der Waals surface area contributed by atoms with Crippen molar-refractivity contribution in [3.05, 3.63) is 53.6 Å². The van der Waals surface area contributed by atoms with Crippen LogP contribution < -0.4 is 15.1 Å². The number of nitrogens with zero attached hydrogens (tertiary/aromatic N) is 4. The molecule has 3 aromatic rings. The normalized spacial score (nSPS) is 16.8. The molecule has 1 saturated heterocycles. The molecular formula is C23H27N5OS. The molecule has 1 N–H and O–H groups in total. The van der Waals surface area contributed by atoms with Gasteiger partial charge >= 0.3 is 6.03 Å². The van der Waals surface area contributed by atoms with Crippen LogP contribution in [0.4, 0.5) is 16.3 Å². The molecule has 2 aromatic carbocycles. The maximum Gasteiger partial charge on any atom is 0.321 e. The lowest BCUT2D eigenvalue weighted by Gasteiger charge is -2.35. The molecule has 1 fully saturated rings. The number of piperazine rings is 1. The number of anilines is 2. The number of fused-ring (bicyclic) bond motifs is 2. The monoisotopic (exact) mass is 421 g/mol. The second kappa shape index (κ2) is 8.24. The molecule has 30 heavy (non-hydrogen) atoms. The second-order valence-electron chi connectivity index (χ2n) is 8.00. The van der Waals surface area contributed by atoms with Gasteiger partial charge in [0.15, 0.2) is 0 Å². The van der Waals surface area contributed by atoms with E-state index in [1.54, 1.807) is 18.6 Å². The SMILES string of the molecule is CNC(=O)N1CCc2cc(CCN3CCN(c4nsc5ccccc45)CC3)ccc21. The lowest BCUT2D eigenvalue weighted by atomic mass is 10.1. The Morgan fingerprint density at radius 3 is 2.77 bits per heavy atom. The van der Waals surface area contributed by atoms with Gasteiger partial charge in [-0.3, -0.25) is 9.80 Å². The van der Waals surface area contributed by atoms with Gasteiger partial charge in [0.25, 0.3) is 0 Å². The molecule has 0 bridgehead atoms. The first-order valence-corrected chi connectivity index (χ1v) is 11.4. The molecule has 3 heterocycles. The Bertz CT molecular complexity index is 1060. The average molecular weight is 422 g/mol. The minimum Gasteiger partial charge on any atom is -0.353 e. The van der Waals surface area contributed by atoms with Crippen LogP contribution in [0.2, 0.25) is 0 Å². The first kappa shape index (κ1) is 19.3. The Morgan fingerprint density at radius 1 is 1.10 bits per heavy atom. The van der Waals surface area contributed by atoms with Crippen molar-refractivity contribution in [1.82, 2.24) is 14.6 Å². The minimum atomic E-state index is -0.0211. The van der Waals surface area contributed by atoms with Crippen LogP contribution in [0.5, 0.6) is 0 Å². The zero-order chi connectivity index (χ0) is 20.5. The fraction of sp³-hybridized carbons (Fsp3) is 0.391. The van der Waals surface area contributed by atoms with E-state index in [1.807, 2.05) is 4.90 Å². The van der Waals surface area contributed by atoms with E-state index in [9.17, 15) is 4.79 Å². The number of amides is 2. The number of urea groups is 1. The molecule has 2 aliphatic heterocycles. The van der Waals surface area contributed by atoms with Gasteiger partial charge in [-0.2, -0.15) is 4.37 Å². The molecule has 0 unspecified atom stereocenters. The molecule has 0 aliphatic carbocycles. The van der Waals surface area contributed by atoms with Crippen LogP contribution in [0.25, 0.3) is 10.1 Å². The van der Waals surface area contributed by atoms with Crippen molar-refractivity contribution in [2.75, 3.05) is 56.1 Å². The third-order valence-corrected chi connectivity index (χ3v) is 7.06. The largest absolute Gasteiger partial charge is 0.353 e. The number of carbonyl (C=O) groups is 1. The maximum absolute atomic E-state index is 12.0. The molecule has 0 radical (unpaired) electrons. The predicted octanol–water partition coefficient (Wildman–Crippen LogP) is 3.36. The number of hydrogen-bond acceptors (Lipinski definition) is 5. The van der Waals surface area contributed by atoms with Crippen molar-refractivity contribution in [2.45, 2.75) is 12.8 Å². The van der Waals surface area contributed by atoms with Crippen LogP contribution in [0, 0.1) is 0 Å². The van der Waals surface area contributed by atoms with Gasteiger partial charge < -0.3 is 10.2 Å². The topological polar surface area (TPSA) is 51.7 Å². The second-order valence-corrected chi connectivity index (χ2v) is 8.81. The van der Waals surface area contributed by atoms with Crippen LogP contribution >= 0.6 is 11.5 Å². The summed E-state index contributed by atoms with van der Waals surface area (Å²) < 4.78 is 5.98. The van der Waals surface area contributed by atoms with E-state index in [2.05, 4.69) is 57.6 Å². The summed E-state index contributed by atoms with van der Waals surface area (Å²) in [7, 11) is 1.69. The minimum absolute atomic E-state index is 0.0211. The highest BCUT2D eigenvalue weighted by Crippen LogP contribution is 2.30. The quantitative estimate of drug-likeness (QED) is 0.702. The van der Waals surface area contributed by atoms with Crippen molar-refractivity contribution in [3.8, 4) is 0 Å². The maximum atomic E-state index is 12.0. The van der Waals surface area contributed by atoms with Crippen molar-refractivity contribution in [1.29, 1.82) is 0 Å². The summed E-state index contributed by atoms with van der Waals surface area (Å²) in [6, 6.07) is 15.1. The summed E-state index contributed by atoms with van der Waals surface area (Å²) in [6.45, 7) is 6.04. The van der Waals surface area contributed by atoms with Gasteiger partial charge in [0.1, 0.15) is 5.82 Å². The molecule has 5 rings (SSSR count). The van der Waals surface area contributed by atoms with Gasteiger partial charge in [0.05, 0.1) is 4.70 Å². The third-order valence-electron chi connectivity index (χ3n) is 6.25. The summed E-state index contributed by atoms with van der Waals surface area (Å²) in [5.41, 5.74) is 3.71. The van der Waals surface area contributed by atoms with Crippen molar-refractivity contribution < 1.29 is 4.79 Å². The molecule has 2 aliphatic rings. The highest BCUT2D eigenvalue weighted by atomic mass is 32.1. The van der Waals surface area contributed by atoms with Crippen LogP contribution in [-0.2, 0) is 12.8 Å². The molecular weight excluding hydrogens is 394 g/mol. The van der Waals surface area contributed by atoms with Gasteiger partial charge in [-0.25, -0.2) is 4.79 Å². The van der Waals surface area contributed by atoms with Gasteiger partial charge in [0.2, 0.25) is 0 Å². The van der Waals surface area contributed by atoms with Crippen LogP contribution in [0.15, 0.2) is 42.5 Å². The number of carbonyl (C=O) groups excluding carboxylic acids is 1. The number of aromatic nitrogens is 1. The number of rotatable bonds is 4. The van der Waals surface area contributed by atoms with E-state index in [0.717, 1.165) is 63.6 Å². The third kappa shape index (κ3) is 3.63. The van der Waals surface area contributed by atoms with E-state index in [4.69, 9.17) is 4.37 Å². The molecule has 2 amide bonds. The Balaban J connectivity index is 1.17. The molecule has 0 atom stereocenters. The Labute approximate surface area is 181 Å². The average Bonchev–Trinajstić information content (AvgIpc) is 3.41. The van der Waals surface area contributed by atoms with E-state index >= 15 is 0 Å². The number of hydrogen-bond donors (Lipinski definition) is 1. The summed E-state index contributed by atoms with van der Waals surface area (Å²) in [4.78, 5) is 18.8. The zero-order valence-electron chi connectivity index (χ0n) is 17.3. The zero-order valence-corrected chi connectivity index (χ0v) is 18.1. The van der Waals surface area contributed by atoms with Crippen LogP contribution in [0.1, 0.15) is 11.1 Å². The van der Waals surface area contributed by atoms with Crippen LogP contribution in [0.3, 0.4) is 0 Å². The van der Waals surface area contributed by atoms with Crippen molar-refractivity contribution in [2.24, 2.45) is 0 Å². The highest BCUT2D eigenvalue weighted by molar-refractivity contribution is 7.13. The molecule has 7 heteroatoms. The van der Waals surface area contributed by atoms with E-state index in [1.165, 1.54) is 21.2 Å². The first-order valence-electron chi connectivity index (χ1n) is 10.7. The van der Waals surface area contributed by atoms with Crippen molar-refractivity contribution >= 4 is 39.2 Å². The lowest BCUT2D eigenvalue weighted by molar-refractivity contribution is 0.248. The lowest BCUT2D eigenvalue weighted by Crippen LogP contribution is -2.47. The van der Waals surface area contributed by atoms with Gasteiger partial charge in [0, 0.05) is 57.4 Å². The smallest absolute Gasteiger partial charge is 0.321 e. The molecule has 0 spiro atoms. The van der Waals surface area contributed by atoms with Crippen molar-refractivity contribution in [3.63, 3.8) is 0 Å². The number of nitrogens with one attached hydrogen (secondary N) is 1. The summed E-state index contributed by atoms with van der Waals surface area (Å²) in [5.74, 6) is 1.15. The number of benzene rings is 2. The first-order chi connectivity index (χ1) is 14.7. The van der Waals surface area contributed by atoms with Gasteiger partial charge in [-0.15, -0.1) is 0 Å².